The first-order valence-electron chi connectivity index (χ1n) is 10.0. The second kappa shape index (κ2) is 9.74. The summed E-state index contributed by atoms with van der Waals surface area (Å²) in [6, 6.07) is 21.7. The van der Waals surface area contributed by atoms with Crippen molar-refractivity contribution < 1.29 is 9.59 Å². The molecule has 3 aromatic rings. The van der Waals surface area contributed by atoms with Crippen molar-refractivity contribution in [1.29, 1.82) is 0 Å². The third-order valence-corrected chi connectivity index (χ3v) is 5.39. The van der Waals surface area contributed by atoms with Gasteiger partial charge in [0.05, 0.1) is 11.6 Å². The highest BCUT2D eigenvalue weighted by atomic mass is 35.5. The minimum Gasteiger partial charge on any atom is -0.325 e. The average Bonchev–Trinajstić information content (AvgIpc) is 3.14. The number of anilines is 2. The largest absolute Gasteiger partial charge is 0.325 e. The van der Waals surface area contributed by atoms with Crippen LogP contribution in [0.3, 0.4) is 0 Å². The molecule has 1 aliphatic rings. The second-order valence-electron chi connectivity index (χ2n) is 7.33. The zero-order valence-electron chi connectivity index (χ0n) is 16.9. The number of nitrogens with one attached hydrogen (secondary N) is 2. The molecule has 0 spiro atoms. The Kier molecular flexibility index (Phi) is 7.08. The number of para-hydroxylation sites is 1. The number of hydrogen-bond donors (Lipinski definition) is 2. The minimum absolute atomic E-state index is 0. The maximum Gasteiger partial charge on any atom is 0.229 e. The molecule has 0 radical (unpaired) electrons. The predicted molar refractivity (Wildman–Crippen MR) is 124 cm³/mol. The van der Waals surface area contributed by atoms with E-state index in [4.69, 9.17) is 0 Å². The highest BCUT2D eigenvalue weighted by molar-refractivity contribution is 6.08. The van der Waals surface area contributed by atoms with Crippen molar-refractivity contribution >= 4 is 46.4 Å². The summed E-state index contributed by atoms with van der Waals surface area (Å²) in [6.07, 6.45) is 0.227. The lowest BCUT2D eigenvalue weighted by Crippen LogP contribution is -2.28. The predicted octanol–water partition coefficient (Wildman–Crippen LogP) is 4.36. The van der Waals surface area contributed by atoms with Gasteiger partial charge in [-0.25, -0.2) is 0 Å². The van der Waals surface area contributed by atoms with Crippen molar-refractivity contribution in [2.45, 2.75) is 19.9 Å². The van der Waals surface area contributed by atoms with Crippen LogP contribution in [-0.2, 0) is 16.1 Å². The molecule has 5 nitrogen and oxygen atoms in total. The second-order valence-corrected chi connectivity index (χ2v) is 7.33. The van der Waals surface area contributed by atoms with Crippen LogP contribution in [0.4, 0.5) is 11.4 Å². The van der Waals surface area contributed by atoms with Gasteiger partial charge in [0, 0.05) is 30.6 Å². The van der Waals surface area contributed by atoms with Crippen LogP contribution in [0.1, 0.15) is 18.9 Å². The van der Waals surface area contributed by atoms with E-state index < -0.39 is 0 Å². The van der Waals surface area contributed by atoms with Gasteiger partial charge in [-0.15, -0.1) is 12.4 Å². The van der Waals surface area contributed by atoms with E-state index in [2.05, 4.69) is 10.6 Å². The van der Waals surface area contributed by atoms with E-state index in [1.165, 1.54) is 0 Å². The zero-order chi connectivity index (χ0) is 20.2. The zero-order valence-corrected chi connectivity index (χ0v) is 17.7. The fourth-order valence-corrected chi connectivity index (χ4v) is 3.85. The lowest BCUT2D eigenvalue weighted by Gasteiger charge is -2.19. The van der Waals surface area contributed by atoms with Crippen LogP contribution >= 0.6 is 12.4 Å². The lowest BCUT2D eigenvalue weighted by atomic mass is 10.1. The molecule has 6 heteroatoms. The summed E-state index contributed by atoms with van der Waals surface area (Å²) in [7, 11) is 0. The van der Waals surface area contributed by atoms with Gasteiger partial charge in [0.1, 0.15) is 0 Å². The number of benzene rings is 3. The van der Waals surface area contributed by atoms with Crippen LogP contribution in [0.5, 0.6) is 0 Å². The Hall–Kier alpha value is -2.89. The van der Waals surface area contributed by atoms with E-state index >= 15 is 0 Å². The number of hydrogen-bond acceptors (Lipinski definition) is 3. The Morgan fingerprint density at radius 2 is 1.77 bits per heavy atom. The summed E-state index contributed by atoms with van der Waals surface area (Å²) >= 11 is 0. The maximum absolute atomic E-state index is 12.9. The number of halogens is 1. The Labute approximate surface area is 182 Å². The molecule has 1 saturated heterocycles. The topological polar surface area (TPSA) is 61.4 Å². The number of carbonyl (C=O) groups is 2. The van der Waals surface area contributed by atoms with Crippen LogP contribution < -0.4 is 15.5 Å². The highest BCUT2D eigenvalue weighted by Gasteiger charge is 2.35. The van der Waals surface area contributed by atoms with E-state index in [1.54, 1.807) is 4.90 Å². The van der Waals surface area contributed by atoms with E-state index in [0.29, 0.717) is 13.1 Å². The van der Waals surface area contributed by atoms with Crippen LogP contribution in [0, 0.1) is 5.92 Å². The first kappa shape index (κ1) is 21.8. The van der Waals surface area contributed by atoms with Crippen LogP contribution in [0.15, 0.2) is 66.7 Å². The summed E-state index contributed by atoms with van der Waals surface area (Å²) in [5, 5.41) is 8.43. The Bertz CT molecular complexity index is 1050. The van der Waals surface area contributed by atoms with E-state index in [1.807, 2.05) is 73.7 Å². The summed E-state index contributed by atoms with van der Waals surface area (Å²) in [5.41, 5.74) is 2.71. The first-order chi connectivity index (χ1) is 14.2. The SMILES string of the molecule is CCNCc1ccccc1NC(=O)C1CC(=O)N(c2cccc3ccccc23)C1.Cl. The van der Waals surface area contributed by atoms with E-state index in [9.17, 15) is 9.59 Å². The van der Waals surface area contributed by atoms with Crippen molar-refractivity contribution in [3.63, 3.8) is 0 Å². The number of rotatable bonds is 6. The van der Waals surface area contributed by atoms with Gasteiger partial charge in [-0.1, -0.05) is 61.5 Å². The number of fused-ring (bicyclic) bond motifs is 1. The van der Waals surface area contributed by atoms with Crippen molar-refractivity contribution in [3.05, 3.63) is 72.3 Å². The van der Waals surface area contributed by atoms with Crippen LogP contribution in [0.25, 0.3) is 10.8 Å². The molecule has 1 heterocycles. The van der Waals surface area contributed by atoms with Crippen LogP contribution in [0.2, 0.25) is 0 Å². The van der Waals surface area contributed by atoms with Crippen LogP contribution in [-0.4, -0.2) is 24.9 Å². The van der Waals surface area contributed by atoms with Gasteiger partial charge in [-0.2, -0.15) is 0 Å². The third kappa shape index (κ3) is 4.48. The number of nitrogens with zero attached hydrogens (tertiary/aromatic N) is 1. The van der Waals surface area contributed by atoms with E-state index in [0.717, 1.165) is 34.3 Å². The molecule has 0 aromatic heterocycles. The van der Waals surface area contributed by atoms with Crippen molar-refractivity contribution in [3.8, 4) is 0 Å². The standard InChI is InChI=1S/C24H25N3O2.ClH/c1-2-25-15-18-9-4-6-12-21(18)26-24(29)19-14-23(28)27(16-19)22-13-7-10-17-8-3-5-11-20(17)22;/h3-13,19,25H,2,14-16H2,1H3,(H,26,29);1H. The number of amides is 2. The smallest absolute Gasteiger partial charge is 0.229 e. The molecule has 4 rings (SSSR count). The molecule has 2 N–H and O–H groups in total. The monoisotopic (exact) mass is 423 g/mol. The molecule has 3 aromatic carbocycles. The Morgan fingerprint density at radius 1 is 1.03 bits per heavy atom. The summed E-state index contributed by atoms with van der Waals surface area (Å²) in [6.45, 7) is 4.00. The number of carbonyl (C=O) groups excluding carboxylic acids is 2. The maximum atomic E-state index is 12.9. The minimum atomic E-state index is -0.367. The molecule has 0 bridgehead atoms. The Balaban J connectivity index is 0.00000256. The lowest BCUT2D eigenvalue weighted by molar-refractivity contribution is -0.122. The molecule has 1 atom stereocenters. The van der Waals surface area contributed by atoms with Gasteiger partial charge in [-0.05, 0) is 29.6 Å². The summed E-state index contributed by atoms with van der Waals surface area (Å²) in [5.74, 6) is -0.485. The van der Waals surface area contributed by atoms with Crippen molar-refractivity contribution in [1.82, 2.24) is 5.32 Å². The van der Waals surface area contributed by atoms with Gasteiger partial charge in [0.2, 0.25) is 11.8 Å². The molecular weight excluding hydrogens is 398 g/mol. The quantitative estimate of drug-likeness (QED) is 0.619. The van der Waals surface area contributed by atoms with Crippen molar-refractivity contribution in [2.75, 3.05) is 23.3 Å². The Morgan fingerprint density at radius 3 is 2.60 bits per heavy atom. The molecule has 156 valence electrons. The average molecular weight is 424 g/mol. The highest BCUT2D eigenvalue weighted by Crippen LogP contribution is 2.32. The summed E-state index contributed by atoms with van der Waals surface area (Å²) < 4.78 is 0. The van der Waals surface area contributed by atoms with Gasteiger partial charge < -0.3 is 15.5 Å². The molecule has 1 fully saturated rings. The van der Waals surface area contributed by atoms with Gasteiger partial charge >= 0.3 is 0 Å². The molecule has 0 saturated carbocycles. The molecule has 2 amide bonds. The summed E-state index contributed by atoms with van der Waals surface area (Å²) in [4.78, 5) is 27.4. The molecule has 0 aliphatic carbocycles. The third-order valence-electron chi connectivity index (χ3n) is 5.39. The van der Waals surface area contributed by atoms with Gasteiger partial charge in [0.15, 0.2) is 0 Å². The molecular formula is C24H26ClN3O2. The molecule has 1 aliphatic heterocycles. The first-order valence-corrected chi connectivity index (χ1v) is 10.0. The van der Waals surface area contributed by atoms with E-state index in [-0.39, 0.29) is 36.6 Å². The normalized spacial score (nSPS) is 15.8. The molecule has 30 heavy (non-hydrogen) atoms. The molecule has 1 unspecified atom stereocenters. The van der Waals surface area contributed by atoms with Crippen molar-refractivity contribution in [2.24, 2.45) is 5.92 Å². The van der Waals surface area contributed by atoms with Gasteiger partial charge in [-0.3, -0.25) is 9.59 Å². The van der Waals surface area contributed by atoms with Gasteiger partial charge in [0.25, 0.3) is 0 Å². The fourth-order valence-electron chi connectivity index (χ4n) is 3.85. The fraction of sp³-hybridized carbons (Fsp3) is 0.250.